The summed E-state index contributed by atoms with van der Waals surface area (Å²) in [5.41, 5.74) is 3.44. The van der Waals surface area contributed by atoms with Crippen molar-refractivity contribution in [2.75, 3.05) is 21.3 Å². The fourth-order valence-corrected chi connectivity index (χ4v) is 4.72. The Labute approximate surface area is 199 Å². The average Bonchev–Trinajstić information content (AvgIpc) is 2.86. The highest BCUT2D eigenvalue weighted by Crippen LogP contribution is 2.48. The zero-order chi connectivity index (χ0) is 24.2. The Balaban J connectivity index is 1.74. The number of hydrogen-bond acceptors (Lipinski definition) is 7. The van der Waals surface area contributed by atoms with E-state index in [0.717, 1.165) is 17.0 Å². The minimum atomic E-state index is -0.561. The van der Waals surface area contributed by atoms with E-state index in [1.54, 1.807) is 27.4 Å². The molecule has 0 amide bonds. The van der Waals surface area contributed by atoms with E-state index in [-0.39, 0.29) is 12.4 Å². The molecular weight excluding hydrogens is 434 g/mol. The number of rotatable bonds is 7. The molecule has 7 heteroatoms. The van der Waals surface area contributed by atoms with Gasteiger partial charge in [-0.3, -0.25) is 4.79 Å². The van der Waals surface area contributed by atoms with Crippen LogP contribution in [0.5, 0.6) is 17.2 Å². The van der Waals surface area contributed by atoms with E-state index in [9.17, 15) is 9.59 Å². The molecule has 2 aromatic carbocycles. The van der Waals surface area contributed by atoms with Crippen molar-refractivity contribution >= 4 is 11.8 Å². The number of carbonyl (C=O) groups excluding carboxylic acids is 2. The maximum atomic E-state index is 13.5. The van der Waals surface area contributed by atoms with Crippen molar-refractivity contribution in [2.45, 2.75) is 32.3 Å². The van der Waals surface area contributed by atoms with Gasteiger partial charge < -0.3 is 24.3 Å². The first-order valence-electron chi connectivity index (χ1n) is 11.2. The van der Waals surface area contributed by atoms with Gasteiger partial charge in [0.15, 0.2) is 11.5 Å². The number of carbonyl (C=O) groups is 2. The summed E-state index contributed by atoms with van der Waals surface area (Å²) in [6.07, 6.45) is 3.13. The second-order valence-electron chi connectivity index (χ2n) is 8.29. The molecule has 2 atom stereocenters. The number of nitrogens with one attached hydrogen (secondary N) is 1. The molecule has 0 bridgehead atoms. The summed E-state index contributed by atoms with van der Waals surface area (Å²) in [5.74, 6) is 0.279. The summed E-state index contributed by atoms with van der Waals surface area (Å²) < 4.78 is 22.1. The first-order chi connectivity index (χ1) is 16.5. The zero-order valence-corrected chi connectivity index (χ0v) is 19.8. The Hall–Kier alpha value is -3.74. The minimum Gasteiger partial charge on any atom is -0.497 e. The number of Topliss-reactive ketones (excluding diaryl/α,β-unsaturated/α-hetero) is 1. The highest BCUT2D eigenvalue weighted by atomic mass is 16.5. The van der Waals surface area contributed by atoms with Gasteiger partial charge in [0.25, 0.3) is 0 Å². The number of fused-ring (bicyclic) bond motifs is 1. The largest absolute Gasteiger partial charge is 0.497 e. The molecule has 0 fully saturated rings. The fraction of sp³-hybridized carbons (Fsp3) is 0.333. The quantitative estimate of drug-likeness (QED) is 0.614. The molecule has 2 unspecified atom stereocenters. The summed E-state index contributed by atoms with van der Waals surface area (Å²) in [5, 5.41) is 3.29. The summed E-state index contributed by atoms with van der Waals surface area (Å²) in [6.45, 7) is 1.93. The highest BCUT2D eigenvalue weighted by Gasteiger charge is 2.44. The molecule has 2 aliphatic rings. The lowest BCUT2D eigenvalue weighted by Gasteiger charge is -2.38. The summed E-state index contributed by atoms with van der Waals surface area (Å²) in [7, 11) is 4.72. The lowest BCUT2D eigenvalue weighted by Crippen LogP contribution is -2.40. The van der Waals surface area contributed by atoms with Crippen molar-refractivity contribution in [3.63, 3.8) is 0 Å². The van der Waals surface area contributed by atoms with Crippen LogP contribution < -0.4 is 19.5 Å². The van der Waals surface area contributed by atoms with Gasteiger partial charge in [-0.1, -0.05) is 30.3 Å². The maximum Gasteiger partial charge on any atom is 0.336 e. The molecule has 7 nitrogen and oxygen atoms in total. The Morgan fingerprint density at radius 2 is 1.76 bits per heavy atom. The number of hydrogen-bond donors (Lipinski definition) is 1. The van der Waals surface area contributed by atoms with Gasteiger partial charge in [-0.25, -0.2) is 4.79 Å². The van der Waals surface area contributed by atoms with Crippen LogP contribution in [0.15, 0.2) is 65.5 Å². The molecule has 0 saturated carbocycles. The van der Waals surface area contributed by atoms with Crippen LogP contribution in [0.2, 0.25) is 0 Å². The lowest BCUT2D eigenvalue weighted by molar-refractivity contribution is -0.141. The van der Waals surface area contributed by atoms with Gasteiger partial charge in [-0.15, -0.1) is 0 Å². The summed E-state index contributed by atoms with van der Waals surface area (Å²) in [6, 6.07) is 12.8. The van der Waals surface area contributed by atoms with E-state index < -0.39 is 17.8 Å². The lowest BCUT2D eigenvalue weighted by atomic mass is 9.70. The fourth-order valence-electron chi connectivity index (χ4n) is 4.72. The predicted molar refractivity (Wildman–Crippen MR) is 127 cm³/mol. The van der Waals surface area contributed by atoms with E-state index in [0.29, 0.717) is 41.2 Å². The van der Waals surface area contributed by atoms with Gasteiger partial charge in [0, 0.05) is 29.3 Å². The number of esters is 1. The van der Waals surface area contributed by atoms with Crippen molar-refractivity contribution < 1.29 is 28.5 Å². The molecule has 0 saturated heterocycles. The molecule has 0 spiro atoms. The molecule has 34 heavy (non-hydrogen) atoms. The van der Waals surface area contributed by atoms with Crippen molar-refractivity contribution in [2.24, 2.45) is 5.92 Å². The van der Waals surface area contributed by atoms with Crippen LogP contribution in [0.3, 0.4) is 0 Å². The normalized spacial score (nSPS) is 19.5. The molecule has 0 aromatic heterocycles. The minimum absolute atomic E-state index is 0.0767. The Kier molecular flexibility index (Phi) is 6.91. The molecule has 2 aromatic rings. The number of allylic oxidation sites excluding steroid dienone is 3. The Bertz CT molecular complexity index is 1150. The average molecular weight is 464 g/mol. The molecule has 178 valence electrons. The molecule has 1 aliphatic carbocycles. The van der Waals surface area contributed by atoms with Crippen LogP contribution >= 0.6 is 0 Å². The van der Waals surface area contributed by atoms with Crippen molar-refractivity contribution in [3.8, 4) is 17.2 Å². The van der Waals surface area contributed by atoms with E-state index in [1.807, 2.05) is 49.4 Å². The number of para-hydroxylation sites is 1. The maximum absolute atomic E-state index is 13.5. The van der Waals surface area contributed by atoms with Gasteiger partial charge in [0.05, 0.1) is 32.8 Å². The molecular formula is C27H29NO6. The topological polar surface area (TPSA) is 83.1 Å². The van der Waals surface area contributed by atoms with Gasteiger partial charge in [-0.05, 0) is 37.1 Å². The molecule has 1 heterocycles. The SMILES string of the molecule is COc1ccc(COC(=O)C2=C(C)NC3=CCCC(=O)C3C2c2cccc(OC)c2OC)cc1. The van der Waals surface area contributed by atoms with E-state index in [2.05, 4.69) is 5.32 Å². The molecule has 4 rings (SSSR count). The Morgan fingerprint density at radius 1 is 1.00 bits per heavy atom. The number of ether oxygens (including phenoxy) is 4. The van der Waals surface area contributed by atoms with Gasteiger partial charge >= 0.3 is 5.97 Å². The van der Waals surface area contributed by atoms with Crippen LogP contribution in [-0.2, 0) is 20.9 Å². The Morgan fingerprint density at radius 3 is 2.44 bits per heavy atom. The zero-order valence-electron chi connectivity index (χ0n) is 19.8. The molecule has 0 radical (unpaired) electrons. The van der Waals surface area contributed by atoms with Gasteiger partial charge in [0.1, 0.15) is 18.1 Å². The van der Waals surface area contributed by atoms with Crippen LogP contribution in [-0.4, -0.2) is 33.1 Å². The second-order valence-corrected chi connectivity index (χ2v) is 8.29. The third kappa shape index (κ3) is 4.38. The third-order valence-corrected chi connectivity index (χ3v) is 6.33. The first-order valence-corrected chi connectivity index (χ1v) is 11.2. The van der Waals surface area contributed by atoms with E-state index in [1.165, 1.54) is 0 Å². The van der Waals surface area contributed by atoms with Crippen molar-refractivity contribution in [3.05, 3.63) is 76.6 Å². The summed E-state index contributed by atoms with van der Waals surface area (Å²) in [4.78, 5) is 26.6. The second kappa shape index (κ2) is 10.0. The van der Waals surface area contributed by atoms with E-state index >= 15 is 0 Å². The molecule has 1 N–H and O–H groups in total. The van der Waals surface area contributed by atoms with Crippen LogP contribution in [0.4, 0.5) is 0 Å². The van der Waals surface area contributed by atoms with Crippen molar-refractivity contribution in [1.82, 2.24) is 5.32 Å². The first kappa shape index (κ1) is 23.4. The number of methoxy groups -OCH3 is 3. The van der Waals surface area contributed by atoms with Crippen LogP contribution in [0.1, 0.15) is 36.8 Å². The third-order valence-electron chi connectivity index (χ3n) is 6.33. The predicted octanol–water partition coefficient (Wildman–Crippen LogP) is 4.28. The van der Waals surface area contributed by atoms with Crippen molar-refractivity contribution in [1.29, 1.82) is 0 Å². The smallest absolute Gasteiger partial charge is 0.336 e. The van der Waals surface area contributed by atoms with Crippen LogP contribution in [0, 0.1) is 5.92 Å². The number of benzene rings is 2. The highest BCUT2D eigenvalue weighted by molar-refractivity contribution is 5.96. The standard InChI is InChI=1S/C27H29NO6/c1-16-23(27(30)34-15-17-11-13-18(31-2)14-12-17)24(25-20(28-16)8-6-9-21(25)29)19-7-5-10-22(32-3)26(19)33-4/h5,7-8,10-14,24-25,28H,6,9,15H2,1-4H3. The van der Waals surface area contributed by atoms with Crippen LogP contribution in [0.25, 0.3) is 0 Å². The van der Waals surface area contributed by atoms with E-state index in [4.69, 9.17) is 18.9 Å². The number of ketones is 1. The summed E-state index contributed by atoms with van der Waals surface area (Å²) >= 11 is 0. The van der Waals surface area contributed by atoms with Gasteiger partial charge in [-0.2, -0.15) is 0 Å². The van der Waals surface area contributed by atoms with Gasteiger partial charge in [0.2, 0.25) is 0 Å². The molecule has 1 aliphatic heterocycles. The monoisotopic (exact) mass is 463 g/mol.